The third-order valence-corrected chi connectivity index (χ3v) is 6.41. The molecule has 0 aromatic heterocycles. The first kappa shape index (κ1) is 26.0. The van der Waals surface area contributed by atoms with Gasteiger partial charge in [-0.25, -0.2) is 0 Å². The molecule has 4 nitrogen and oxygen atoms in total. The predicted molar refractivity (Wildman–Crippen MR) is 136 cm³/mol. The van der Waals surface area contributed by atoms with Crippen molar-refractivity contribution in [2.45, 2.75) is 92.4 Å². The largest absolute Gasteiger partial charge is 0.427 e. The van der Waals surface area contributed by atoms with Crippen molar-refractivity contribution in [2.24, 2.45) is 10.8 Å². The molecule has 0 spiro atoms. The molecule has 1 atom stereocenters. The third kappa shape index (κ3) is 6.08. The standard InChI is InChI=1S/C30H40O4/c1-27(2,3)17-25(31)33-21-12-10-20(11-13-21)30(9)19-29(7,8)23-15-14-22(16-24(23)30)34-26(32)18-28(4,5)6/h10-16H,17-19H2,1-9H3/t30-/m0/s1. The highest BCUT2D eigenvalue weighted by Gasteiger charge is 2.46. The zero-order chi connectivity index (χ0) is 25.5. The minimum atomic E-state index is -0.251. The number of carbonyl (C=O) groups is 2. The molecule has 0 bridgehead atoms. The first-order chi connectivity index (χ1) is 15.5. The summed E-state index contributed by atoms with van der Waals surface area (Å²) >= 11 is 0. The summed E-state index contributed by atoms with van der Waals surface area (Å²) in [6.45, 7) is 18.9. The summed E-state index contributed by atoms with van der Waals surface area (Å²) in [6, 6.07) is 13.9. The highest BCUT2D eigenvalue weighted by Crippen LogP contribution is 2.53. The second-order valence-corrected chi connectivity index (χ2v) is 13.0. The van der Waals surface area contributed by atoms with Gasteiger partial charge in [-0.2, -0.15) is 0 Å². The Morgan fingerprint density at radius 2 is 1.21 bits per heavy atom. The van der Waals surface area contributed by atoms with Gasteiger partial charge < -0.3 is 9.47 Å². The second-order valence-electron chi connectivity index (χ2n) is 13.0. The Balaban J connectivity index is 1.87. The zero-order valence-corrected chi connectivity index (χ0v) is 22.3. The molecular weight excluding hydrogens is 424 g/mol. The molecule has 3 rings (SSSR count). The lowest BCUT2D eigenvalue weighted by Crippen LogP contribution is -2.23. The first-order valence-corrected chi connectivity index (χ1v) is 12.2. The quantitative estimate of drug-likeness (QED) is 0.343. The van der Waals surface area contributed by atoms with Crippen LogP contribution in [0.4, 0.5) is 0 Å². The van der Waals surface area contributed by atoms with Crippen LogP contribution in [0.1, 0.15) is 98.3 Å². The van der Waals surface area contributed by atoms with Gasteiger partial charge in [-0.15, -0.1) is 0 Å². The maximum atomic E-state index is 12.4. The number of benzene rings is 2. The lowest BCUT2D eigenvalue weighted by atomic mass is 9.75. The molecule has 0 heterocycles. The molecule has 1 aliphatic carbocycles. The zero-order valence-electron chi connectivity index (χ0n) is 22.3. The van der Waals surface area contributed by atoms with Gasteiger partial charge in [0.1, 0.15) is 11.5 Å². The van der Waals surface area contributed by atoms with Gasteiger partial charge in [-0.3, -0.25) is 9.59 Å². The molecule has 0 amide bonds. The summed E-state index contributed by atoms with van der Waals surface area (Å²) < 4.78 is 11.3. The minimum Gasteiger partial charge on any atom is -0.427 e. The molecule has 0 fully saturated rings. The summed E-state index contributed by atoms with van der Waals surface area (Å²) in [5.41, 5.74) is 3.09. The molecule has 184 valence electrons. The van der Waals surface area contributed by atoms with Gasteiger partial charge in [0.25, 0.3) is 0 Å². The van der Waals surface area contributed by atoms with Crippen LogP contribution in [-0.4, -0.2) is 11.9 Å². The Morgan fingerprint density at radius 1 is 0.735 bits per heavy atom. The van der Waals surface area contributed by atoms with E-state index < -0.39 is 0 Å². The van der Waals surface area contributed by atoms with Crippen LogP contribution in [0.5, 0.6) is 11.5 Å². The van der Waals surface area contributed by atoms with E-state index in [1.807, 2.05) is 77.9 Å². The third-order valence-electron chi connectivity index (χ3n) is 6.41. The van der Waals surface area contributed by atoms with Gasteiger partial charge in [0.2, 0.25) is 0 Å². The molecule has 0 radical (unpaired) electrons. The number of carbonyl (C=O) groups excluding carboxylic acids is 2. The lowest BCUT2D eigenvalue weighted by molar-refractivity contribution is -0.137. The van der Waals surface area contributed by atoms with Crippen molar-refractivity contribution in [3.63, 3.8) is 0 Å². The molecule has 2 aromatic rings. The van der Waals surface area contributed by atoms with Crippen LogP contribution in [0.15, 0.2) is 42.5 Å². The lowest BCUT2D eigenvalue weighted by Gasteiger charge is -2.28. The van der Waals surface area contributed by atoms with Crippen LogP contribution in [-0.2, 0) is 20.4 Å². The number of esters is 2. The summed E-state index contributed by atoms with van der Waals surface area (Å²) in [7, 11) is 0. The van der Waals surface area contributed by atoms with Gasteiger partial charge in [0.15, 0.2) is 0 Å². The highest BCUT2D eigenvalue weighted by atomic mass is 16.5. The highest BCUT2D eigenvalue weighted by molar-refractivity contribution is 5.74. The second kappa shape index (κ2) is 8.87. The maximum Gasteiger partial charge on any atom is 0.311 e. The van der Waals surface area contributed by atoms with Crippen LogP contribution < -0.4 is 9.47 Å². The Hall–Kier alpha value is -2.62. The van der Waals surface area contributed by atoms with E-state index in [-0.39, 0.29) is 33.6 Å². The fourth-order valence-electron chi connectivity index (χ4n) is 5.06. The fraction of sp³-hybridized carbons (Fsp3) is 0.533. The summed E-state index contributed by atoms with van der Waals surface area (Å²) in [5.74, 6) is 0.710. The molecular formula is C30H40O4. The molecule has 4 heteroatoms. The molecule has 0 saturated carbocycles. The van der Waals surface area contributed by atoms with Crippen molar-refractivity contribution in [3.8, 4) is 11.5 Å². The van der Waals surface area contributed by atoms with E-state index in [4.69, 9.17) is 9.47 Å². The summed E-state index contributed by atoms with van der Waals surface area (Å²) in [6.07, 6.45) is 1.66. The van der Waals surface area contributed by atoms with Crippen molar-refractivity contribution < 1.29 is 19.1 Å². The van der Waals surface area contributed by atoms with Crippen molar-refractivity contribution in [2.75, 3.05) is 0 Å². The molecule has 2 aromatic carbocycles. The Labute approximate surface area is 205 Å². The number of hydrogen-bond donors (Lipinski definition) is 0. The van der Waals surface area contributed by atoms with E-state index >= 15 is 0 Å². The Kier molecular flexibility index (Phi) is 6.78. The average Bonchev–Trinajstić information content (AvgIpc) is 2.85. The molecule has 0 saturated heterocycles. The van der Waals surface area contributed by atoms with E-state index in [1.165, 1.54) is 11.1 Å². The smallest absolute Gasteiger partial charge is 0.311 e. The Morgan fingerprint density at radius 3 is 1.71 bits per heavy atom. The SMILES string of the molecule is CC(C)(C)CC(=O)Oc1ccc([C@]2(C)CC(C)(C)c3ccc(OC(=O)CC(C)(C)C)cc32)cc1. The van der Waals surface area contributed by atoms with Crippen molar-refractivity contribution in [1.29, 1.82) is 0 Å². The van der Waals surface area contributed by atoms with E-state index in [0.29, 0.717) is 24.3 Å². The van der Waals surface area contributed by atoms with Crippen LogP contribution in [0.2, 0.25) is 0 Å². The maximum absolute atomic E-state index is 12.4. The topological polar surface area (TPSA) is 52.6 Å². The number of fused-ring (bicyclic) bond motifs is 1. The number of hydrogen-bond acceptors (Lipinski definition) is 4. The van der Waals surface area contributed by atoms with Gasteiger partial charge in [0.05, 0.1) is 12.8 Å². The Bertz CT molecular complexity index is 1060. The monoisotopic (exact) mass is 464 g/mol. The van der Waals surface area contributed by atoms with Crippen molar-refractivity contribution in [3.05, 3.63) is 59.2 Å². The summed E-state index contributed by atoms with van der Waals surface area (Å²) in [4.78, 5) is 24.7. The van der Waals surface area contributed by atoms with E-state index in [0.717, 1.165) is 12.0 Å². The molecule has 34 heavy (non-hydrogen) atoms. The predicted octanol–water partition coefficient (Wildman–Crippen LogP) is 7.36. The molecule has 0 unspecified atom stereocenters. The summed E-state index contributed by atoms with van der Waals surface area (Å²) in [5, 5.41) is 0. The first-order valence-electron chi connectivity index (χ1n) is 12.2. The van der Waals surface area contributed by atoms with Gasteiger partial charge in [-0.1, -0.05) is 80.5 Å². The number of ether oxygens (including phenoxy) is 2. The average molecular weight is 465 g/mol. The van der Waals surface area contributed by atoms with Gasteiger partial charge in [0, 0.05) is 5.41 Å². The van der Waals surface area contributed by atoms with Gasteiger partial charge in [-0.05, 0) is 63.6 Å². The van der Waals surface area contributed by atoms with Gasteiger partial charge >= 0.3 is 11.9 Å². The molecule has 0 aliphatic heterocycles. The molecule has 0 N–H and O–H groups in total. The fourth-order valence-corrected chi connectivity index (χ4v) is 5.06. The number of rotatable bonds is 5. The van der Waals surface area contributed by atoms with Crippen LogP contribution >= 0.6 is 0 Å². The van der Waals surface area contributed by atoms with Crippen molar-refractivity contribution in [1.82, 2.24) is 0 Å². The van der Waals surface area contributed by atoms with E-state index in [2.05, 4.69) is 26.8 Å². The van der Waals surface area contributed by atoms with Crippen LogP contribution in [0, 0.1) is 10.8 Å². The molecule has 1 aliphatic rings. The normalized spacial score (nSPS) is 19.4. The van der Waals surface area contributed by atoms with Crippen molar-refractivity contribution >= 4 is 11.9 Å². The van der Waals surface area contributed by atoms with E-state index in [1.54, 1.807) is 0 Å². The van der Waals surface area contributed by atoms with E-state index in [9.17, 15) is 9.59 Å². The van der Waals surface area contributed by atoms with Crippen LogP contribution in [0.25, 0.3) is 0 Å². The minimum absolute atomic E-state index is 0.0180. The van der Waals surface area contributed by atoms with Crippen LogP contribution in [0.3, 0.4) is 0 Å².